The van der Waals surface area contributed by atoms with E-state index in [0.29, 0.717) is 49.4 Å². The van der Waals surface area contributed by atoms with E-state index in [1.165, 1.54) is 4.90 Å². The lowest BCUT2D eigenvalue weighted by atomic mass is 9.83. The van der Waals surface area contributed by atoms with Gasteiger partial charge in [-0.15, -0.1) is 6.58 Å². The minimum atomic E-state index is -2.24. The van der Waals surface area contributed by atoms with Gasteiger partial charge >= 0.3 is 5.97 Å². The number of ether oxygens (including phenoxy) is 3. The lowest BCUT2D eigenvalue weighted by Crippen LogP contribution is -2.53. The largest absolute Gasteiger partial charge is 0.493 e. The highest BCUT2D eigenvalue weighted by Gasteiger charge is 2.41. The number of aryl methyl sites for hydroxylation is 1. The number of nitrogens with one attached hydrogen (secondary N) is 1. The van der Waals surface area contributed by atoms with Gasteiger partial charge in [0.05, 0.1) is 45.3 Å². The monoisotopic (exact) mass is 694 g/mol. The van der Waals surface area contributed by atoms with Gasteiger partial charge in [-0.25, -0.2) is 4.79 Å². The molecule has 12 nitrogen and oxygen atoms in total. The first-order chi connectivity index (χ1) is 23.6. The number of piperidine rings is 1. The van der Waals surface area contributed by atoms with E-state index in [1.807, 2.05) is 24.3 Å². The number of carbonyl (C=O) groups excluding carboxylic acids is 4. The second-order valence-electron chi connectivity index (χ2n) is 13.6. The van der Waals surface area contributed by atoms with Crippen LogP contribution in [0.1, 0.15) is 76.3 Å². The van der Waals surface area contributed by atoms with Crippen molar-refractivity contribution in [3.05, 3.63) is 66.2 Å². The van der Waals surface area contributed by atoms with Crippen LogP contribution in [0, 0.1) is 5.41 Å². The quantitative estimate of drug-likeness (QED) is 0.106. The van der Waals surface area contributed by atoms with Crippen molar-refractivity contribution < 1.29 is 48.4 Å². The molecule has 0 spiro atoms. The molecule has 12 heteroatoms. The lowest BCUT2D eigenvalue weighted by molar-refractivity contribution is -0.158. The van der Waals surface area contributed by atoms with Crippen LogP contribution in [0.2, 0.25) is 0 Å². The Hall–Kier alpha value is -4.55. The van der Waals surface area contributed by atoms with E-state index in [0.717, 1.165) is 24.5 Å². The zero-order chi connectivity index (χ0) is 37.1. The second kappa shape index (κ2) is 17.9. The minimum absolute atomic E-state index is 0.0367. The lowest BCUT2D eigenvalue weighted by Gasteiger charge is -2.36. The summed E-state index contributed by atoms with van der Waals surface area (Å²) in [6.07, 6.45) is 3.89. The number of nitrogens with zero attached hydrogens (tertiary/aromatic N) is 1. The summed E-state index contributed by atoms with van der Waals surface area (Å²) in [5, 5.41) is 21.9. The van der Waals surface area contributed by atoms with Gasteiger partial charge < -0.3 is 34.6 Å². The van der Waals surface area contributed by atoms with Gasteiger partial charge in [-0.3, -0.25) is 19.2 Å². The molecule has 0 saturated carbocycles. The van der Waals surface area contributed by atoms with E-state index in [-0.39, 0.29) is 31.3 Å². The summed E-state index contributed by atoms with van der Waals surface area (Å²) in [4.78, 5) is 66.5. The number of Topliss-reactive ketones (excluding diaryl/α,β-unsaturated/α-hetero) is 2. The fraction of sp³-hybridized carbons (Fsp3) is 0.500. The number of benzene rings is 2. The molecule has 3 rings (SSSR count). The third kappa shape index (κ3) is 10.7. The van der Waals surface area contributed by atoms with Crippen molar-refractivity contribution in [2.45, 2.75) is 83.3 Å². The van der Waals surface area contributed by atoms with Gasteiger partial charge in [0.2, 0.25) is 11.7 Å². The number of anilines is 1. The van der Waals surface area contributed by atoms with E-state index in [9.17, 15) is 34.2 Å². The van der Waals surface area contributed by atoms with Crippen molar-refractivity contribution in [1.82, 2.24) is 4.90 Å². The number of carbonyl (C=O) groups is 5. The average molecular weight is 695 g/mol. The van der Waals surface area contributed by atoms with Crippen LogP contribution >= 0.6 is 0 Å². The van der Waals surface area contributed by atoms with Crippen LogP contribution in [-0.2, 0) is 35.1 Å². The van der Waals surface area contributed by atoms with Gasteiger partial charge in [-0.1, -0.05) is 38.1 Å². The number of aliphatic carboxylic acids is 1. The maximum atomic E-state index is 14.1. The zero-order valence-electron chi connectivity index (χ0n) is 29.7. The highest BCUT2D eigenvalue weighted by molar-refractivity contribution is 6.38. The summed E-state index contributed by atoms with van der Waals surface area (Å²) in [5.41, 5.74) is -1.27. The molecule has 0 unspecified atom stereocenters. The average Bonchev–Trinajstić information content (AvgIpc) is 3.08. The van der Waals surface area contributed by atoms with E-state index >= 15 is 0 Å². The van der Waals surface area contributed by atoms with Crippen LogP contribution in [0.5, 0.6) is 11.5 Å². The smallest absolute Gasteiger partial charge is 0.335 e. The Balaban J connectivity index is 1.88. The third-order valence-electron chi connectivity index (χ3n) is 8.93. The molecular formula is C38H50N2O10. The number of carboxylic acid groups (broad SMARTS) is 1. The van der Waals surface area contributed by atoms with E-state index in [2.05, 4.69) is 11.9 Å². The van der Waals surface area contributed by atoms with Crippen LogP contribution in [-0.4, -0.2) is 90.1 Å². The molecule has 0 aliphatic carbocycles. The topological polar surface area (TPSA) is 169 Å². The molecular weight excluding hydrogens is 644 g/mol. The molecule has 3 atom stereocenters. The molecule has 0 bridgehead atoms. The Bertz CT molecular complexity index is 1550. The SMILES string of the molecule is C=CCOCC(C)(C)C(=O)C(=O)N1CCCC[C@H]1C(=O)C[C@H](CCc1ccc(OC)c(OC)c1)c1cccc(NC(=O)C[C@@](C)(O)C(=O)O)c1. The van der Waals surface area contributed by atoms with Gasteiger partial charge in [0, 0.05) is 18.7 Å². The summed E-state index contributed by atoms with van der Waals surface area (Å²) >= 11 is 0. The summed E-state index contributed by atoms with van der Waals surface area (Å²) < 4.78 is 16.3. The molecule has 3 N–H and O–H groups in total. The number of amides is 2. The van der Waals surface area contributed by atoms with Crippen molar-refractivity contribution in [2.24, 2.45) is 5.41 Å². The Morgan fingerprint density at radius 3 is 2.42 bits per heavy atom. The first-order valence-corrected chi connectivity index (χ1v) is 16.8. The molecule has 2 aromatic rings. The fourth-order valence-electron chi connectivity index (χ4n) is 6.00. The minimum Gasteiger partial charge on any atom is -0.493 e. The molecule has 272 valence electrons. The molecule has 0 aromatic heterocycles. The molecule has 1 aliphatic rings. The van der Waals surface area contributed by atoms with Crippen LogP contribution in [0.15, 0.2) is 55.1 Å². The van der Waals surface area contributed by atoms with E-state index in [4.69, 9.17) is 14.2 Å². The molecule has 2 aromatic carbocycles. The van der Waals surface area contributed by atoms with E-state index in [1.54, 1.807) is 52.3 Å². The Kier molecular flexibility index (Phi) is 14.3. The van der Waals surface area contributed by atoms with Crippen molar-refractivity contribution >= 4 is 35.0 Å². The zero-order valence-corrected chi connectivity index (χ0v) is 29.7. The number of likely N-dealkylation sites (tertiary alicyclic amines) is 1. The summed E-state index contributed by atoms with van der Waals surface area (Å²) in [6.45, 7) is 8.53. The summed E-state index contributed by atoms with van der Waals surface area (Å²) in [6, 6.07) is 11.7. The first kappa shape index (κ1) is 39.9. The van der Waals surface area contributed by atoms with Gasteiger partial charge in [0.15, 0.2) is 22.9 Å². The third-order valence-corrected chi connectivity index (χ3v) is 8.93. The summed E-state index contributed by atoms with van der Waals surface area (Å²) in [7, 11) is 3.11. The van der Waals surface area contributed by atoms with Gasteiger partial charge in [-0.2, -0.15) is 0 Å². The Morgan fingerprint density at radius 2 is 1.76 bits per heavy atom. The number of ketones is 2. The van der Waals surface area contributed by atoms with Crippen molar-refractivity contribution in [1.29, 1.82) is 0 Å². The number of rotatable bonds is 19. The van der Waals surface area contributed by atoms with Gasteiger partial charge in [-0.05, 0) is 80.3 Å². The molecule has 50 heavy (non-hydrogen) atoms. The molecule has 2 amide bonds. The Morgan fingerprint density at radius 1 is 1.04 bits per heavy atom. The summed E-state index contributed by atoms with van der Waals surface area (Å²) in [5.74, 6) is -2.89. The van der Waals surface area contributed by atoms with Crippen LogP contribution in [0.3, 0.4) is 0 Å². The van der Waals surface area contributed by atoms with Crippen molar-refractivity contribution in [2.75, 3.05) is 39.3 Å². The first-order valence-electron chi connectivity index (χ1n) is 16.8. The number of carboxylic acids is 1. The molecule has 0 radical (unpaired) electrons. The second-order valence-corrected chi connectivity index (χ2v) is 13.6. The van der Waals surface area contributed by atoms with Gasteiger partial charge in [0.1, 0.15) is 0 Å². The van der Waals surface area contributed by atoms with Crippen LogP contribution in [0.25, 0.3) is 0 Å². The molecule has 1 saturated heterocycles. The maximum Gasteiger partial charge on any atom is 0.335 e. The predicted octanol–water partition coefficient (Wildman–Crippen LogP) is 4.72. The Labute approximate surface area is 293 Å². The van der Waals surface area contributed by atoms with Crippen LogP contribution < -0.4 is 14.8 Å². The highest BCUT2D eigenvalue weighted by Crippen LogP contribution is 2.33. The number of hydrogen-bond acceptors (Lipinski definition) is 9. The number of hydrogen-bond donors (Lipinski definition) is 3. The standard InChI is InChI=1S/C38H50N2O10/c1-7-19-50-24-37(2,3)34(43)35(44)40-18-9-8-13-29(40)30(41)22-27(16-14-25-15-17-31(48-5)32(20-25)49-6)26-11-10-12-28(21-26)39-33(42)23-38(4,47)36(45)46/h7,10-12,15,17,20-21,27,29,47H,1,8-9,13-14,16,18-19,22-24H2,2-6H3,(H,39,42)(H,45,46)/t27-,29-,38+/m0/s1. The van der Waals surface area contributed by atoms with Crippen molar-refractivity contribution in [3.63, 3.8) is 0 Å². The van der Waals surface area contributed by atoms with Crippen molar-refractivity contribution in [3.8, 4) is 11.5 Å². The number of aliphatic hydroxyl groups is 1. The number of methoxy groups -OCH3 is 2. The van der Waals surface area contributed by atoms with Gasteiger partial charge in [0.25, 0.3) is 5.91 Å². The highest BCUT2D eigenvalue weighted by atomic mass is 16.5. The molecule has 1 aliphatic heterocycles. The molecule has 1 heterocycles. The predicted molar refractivity (Wildman–Crippen MR) is 187 cm³/mol. The van der Waals surface area contributed by atoms with E-state index < -0.39 is 47.0 Å². The maximum absolute atomic E-state index is 14.1. The fourth-order valence-corrected chi connectivity index (χ4v) is 6.00. The van der Waals surface area contributed by atoms with Crippen LogP contribution in [0.4, 0.5) is 5.69 Å². The molecule has 1 fully saturated rings. The normalized spacial score (nSPS) is 16.4.